The van der Waals surface area contributed by atoms with Crippen LogP contribution in [-0.2, 0) is 0 Å². The summed E-state index contributed by atoms with van der Waals surface area (Å²) in [7, 11) is 0. The summed E-state index contributed by atoms with van der Waals surface area (Å²) in [5, 5.41) is 0.0823. The van der Waals surface area contributed by atoms with Crippen LogP contribution in [0.5, 0.6) is 11.5 Å². The normalized spacial score (nSPS) is 15.8. The first-order chi connectivity index (χ1) is 13.0. The molecule has 0 atom stereocenters. The number of ether oxygens (including phenoxy) is 2. The van der Waals surface area contributed by atoms with Crippen LogP contribution in [0.3, 0.4) is 0 Å². The number of amides is 2. The van der Waals surface area contributed by atoms with E-state index in [-0.39, 0.29) is 29.2 Å². The lowest BCUT2D eigenvalue weighted by molar-refractivity contribution is 0.0535. The highest BCUT2D eigenvalue weighted by Crippen LogP contribution is 2.33. The lowest BCUT2D eigenvalue weighted by atomic mass is 10.1. The number of nitrogens with zero attached hydrogens (tertiary/aromatic N) is 2. The monoisotopic (exact) mass is 390 g/mol. The molecule has 2 amide bonds. The summed E-state index contributed by atoms with van der Waals surface area (Å²) in [5.74, 6) is 0.296. The van der Waals surface area contributed by atoms with Crippen molar-refractivity contribution in [3.8, 4) is 11.5 Å². The third-order valence-corrected chi connectivity index (χ3v) is 4.95. The molecule has 2 aromatic carbocycles. The molecular formula is C19H16ClFN2O4. The van der Waals surface area contributed by atoms with Crippen LogP contribution in [0.4, 0.5) is 4.39 Å². The zero-order valence-electron chi connectivity index (χ0n) is 14.3. The lowest BCUT2D eigenvalue weighted by Gasteiger charge is -2.35. The van der Waals surface area contributed by atoms with E-state index in [0.717, 1.165) is 6.07 Å². The van der Waals surface area contributed by atoms with Gasteiger partial charge in [-0.05, 0) is 36.4 Å². The van der Waals surface area contributed by atoms with Crippen molar-refractivity contribution in [2.24, 2.45) is 0 Å². The Morgan fingerprint density at radius 3 is 2.26 bits per heavy atom. The van der Waals surface area contributed by atoms with Gasteiger partial charge in [-0.15, -0.1) is 0 Å². The van der Waals surface area contributed by atoms with Gasteiger partial charge in [0.05, 0.1) is 10.6 Å². The molecule has 1 fully saturated rings. The van der Waals surface area contributed by atoms with Crippen molar-refractivity contribution in [1.82, 2.24) is 9.80 Å². The Bertz CT molecular complexity index is 913. The van der Waals surface area contributed by atoms with Gasteiger partial charge in [0.1, 0.15) is 5.82 Å². The van der Waals surface area contributed by atoms with Crippen LogP contribution in [0, 0.1) is 5.82 Å². The topological polar surface area (TPSA) is 59.1 Å². The molecule has 0 N–H and O–H groups in total. The van der Waals surface area contributed by atoms with Crippen LogP contribution < -0.4 is 9.47 Å². The second-order valence-corrected chi connectivity index (χ2v) is 6.68. The zero-order chi connectivity index (χ0) is 19.0. The number of fused-ring (bicyclic) bond motifs is 1. The van der Waals surface area contributed by atoms with E-state index < -0.39 is 5.82 Å². The van der Waals surface area contributed by atoms with Gasteiger partial charge in [-0.3, -0.25) is 9.59 Å². The Kier molecular flexibility index (Phi) is 4.61. The minimum atomic E-state index is -0.490. The van der Waals surface area contributed by atoms with E-state index in [1.807, 2.05) is 0 Å². The largest absolute Gasteiger partial charge is 0.454 e. The molecule has 0 saturated carbocycles. The van der Waals surface area contributed by atoms with E-state index in [1.54, 1.807) is 28.0 Å². The molecular weight excluding hydrogens is 375 g/mol. The van der Waals surface area contributed by atoms with Gasteiger partial charge in [0.15, 0.2) is 11.5 Å². The fourth-order valence-electron chi connectivity index (χ4n) is 3.16. The summed E-state index contributed by atoms with van der Waals surface area (Å²) in [5.41, 5.74) is 0.772. The molecule has 0 radical (unpaired) electrons. The molecule has 0 aromatic heterocycles. The van der Waals surface area contributed by atoms with Crippen LogP contribution in [0.1, 0.15) is 20.7 Å². The number of halogens is 2. The van der Waals surface area contributed by atoms with E-state index in [9.17, 15) is 14.0 Å². The number of hydrogen-bond donors (Lipinski definition) is 0. The first-order valence-corrected chi connectivity index (χ1v) is 8.84. The minimum absolute atomic E-state index is 0.0823. The molecule has 4 rings (SSSR count). The summed E-state index contributed by atoms with van der Waals surface area (Å²) >= 11 is 5.98. The summed E-state index contributed by atoms with van der Waals surface area (Å²) in [6.45, 7) is 1.71. The van der Waals surface area contributed by atoms with E-state index in [2.05, 4.69) is 0 Å². The van der Waals surface area contributed by atoms with E-state index in [0.29, 0.717) is 43.2 Å². The number of piperazine rings is 1. The second-order valence-electron chi connectivity index (χ2n) is 6.28. The van der Waals surface area contributed by atoms with Gasteiger partial charge < -0.3 is 19.3 Å². The van der Waals surface area contributed by atoms with Crippen molar-refractivity contribution in [2.45, 2.75) is 0 Å². The van der Waals surface area contributed by atoms with Crippen molar-refractivity contribution in [1.29, 1.82) is 0 Å². The average molecular weight is 391 g/mol. The smallest absolute Gasteiger partial charge is 0.255 e. The number of benzene rings is 2. The molecule has 2 heterocycles. The SMILES string of the molecule is O=C(c1ccc2c(c1)OCO2)N1CCN(C(=O)c2ccc(F)cc2Cl)CC1. The molecule has 0 spiro atoms. The molecule has 0 unspecified atom stereocenters. The minimum Gasteiger partial charge on any atom is -0.454 e. The van der Waals surface area contributed by atoms with Crippen molar-refractivity contribution in [3.05, 3.63) is 58.4 Å². The molecule has 2 aliphatic heterocycles. The molecule has 6 nitrogen and oxygen atoms in total. The van der Waals surface area contributed by atoms with Gasteiger partial charge >= 0.3 is 0 Å². The maximum Gasteiger partial charge on any atom is 0.255 e. The quantitative estimate of drug-likeness (QED) is 0.791. The Morgan fingerprint density at radius 1 is 0.889 bits per heavy atom. The fraction of sp³-hybridized carbons (Fsp3) is 0.263. The summed E-state index contributed by atoms with van der Waals surface area (Å²) in [6.07, 6.45) is 0. The van der Waals surface area contributed by atoms with Gasteiger partial charge in [-0.1, -0.05) is 11.6 Å². The fourth-order valence-corrected chi connectivity index (χ4v) is 3.41. The first kappa shape index (κ1) is 17.6. The Balaban J connectivity index is 1.41. The molecule has 2 aliphatic rings. The highest BCUT2D eigenvalue weighted by molar-refractivity contribution is 6.33. The second kappa shape index (κ2) is 7.08. The van der Waals surface area contributed by atoms with Crippen molar-refractivity contribution in [2.75, 3.05) is 33.0 Å². The summed E-state index contributed by atoms with van der Waals surface area (Å²) < 4.78 is 23.7. The van der Waals surface area contributed by atoms with Crippen molar-refractivity contribution >= 4 is 23.4 Å². The highest BCUT2D eigenvalue weighted by atomic mass is 35.5. The molecule has 27 heavy (non-hydrogen) atoms. The van der Waals surface area contributed by atoms with Crippen LogP contribution in [0.25, 0.3) is 0 Å². The number of hydrogen-bond acceptors (Lipinski definition) is 4. The third-order valence-electron chi connectivity index (χ3n) is 4.64. The van der Waals surface area contributed by atoms with Crippen LogP contribution in [0.15, 0.2) is 36.4 Å². The highest BCUT2D eigenvalue weighted by Gasteiger charge is 2.27. The summed E-state index contributed by atoms with van der Waals surface area (Å²) in [4.78, 5) is 28.6. The molecule has 0 bridgehead atoms. The van der Waals surface area contributed by atoms with Gasteiger partial charge in [0.25, 0.3) is 11.8 Å². The molecule has 0 aliphatic carbocycles. The van der Waals surface area contributed by atoms with Gasteiger partial charge in [-0.2, -0.15) is 0 Å². The lowest BCUT2D eigenvalue weighted by Crippen LogP contribution is -2.50. The van der Waals surface area contributed by atoms with E-state index in [1.165, 1.54) is 12.1 Å². The zero-order valence-corrected chi connectivity index (χ0v) is 15.0. The van der Waals surface area contributed by atoms with Crippen molar-refractivity contribution < 1.29 is 23.5 Å². The standard InChI is InChI=1S/C19H16ClFN2O4/c20-15-10-13(21)2-3-14(15)19(25)23-7-5-22(6-8-23)18(24)12-1-4-16-17(9-12)27-11-26-16/h1-4,9-10H,5-8,11H2. The third kappa shape index (κ3) is 3.42. The first-order valence-electron chi connectivity index (χ1n) is 8.46. The Morgan fingerprint density at radius 2 is 1.56 bits per heavy atom. The van der Waals surface area contributed by atoms with Gasteiger partial charge in [0, 0.05) is 31.7 Å². The predicted molar refractivity (Wildman–Crippen MR) is 95.8 cm³/mol. The van der Waals surface area contributed by atoms with E-state index >= 15 is 0 Å². The van der Waals surface area contributed by atoms with Crippen LogP contribution in [-0.4, -0.2) is 54.6 Å². The number of rotatable bonds is 2. The average Bonchev–Trinajstić information content (AvgIpc) is 3.15. The van der Waals surface area contributed by atoms with Gasteiger partial charge in [0.2, 0.25) is 6.79 Å². The number of carbonyl (C=O) groups is 2. The molecule has 8 heteroatoms. The van der Waals surface area contributed by atoms with Crippen LogP contribution >= 0.6 is 11.6 Å². The number of carbonyl (C=O) groups excluding carboxylic acids is 2. The van der Waals surface area contributed by atoms with Gasteiger partial charge in [-0.25, -0.2) is 4.39 Å². The van der Waals surface area contributed by atoms with Crippen molar-refractivity contribution in [3.63, 3.8) is 0 Å². The predicted octanol–water partition coefficient (Wildman–Crippen LogP) is 2.81. The Hall–Kier alpha value is -2.80. The maximum atomic E-state index is 13.2. The maximum absolute atomic E-state index is 13.2. The Labute approximate surface area is 160 Å². The molecule has 1 saturated heterocycles. The summed E-state index contributed by atoms with van der Waals surface area (Å²) in [6, 6.07) is 8.79. The van der Waals surface area contributed by atoms with E-state index in [4.69, 9.17) is 21.1 Å². The van der Waals surface area contributed by atoms with Crippen LogP contribution in [0.2, 0.25) is 5.02 Å². The molecule has 2 aromatic rings. The molecule has 140 valence electrons.